The normalized spacial score (nSPS) is 11.2. The number of aliphatic hydroxyl groups excluding tert-OH is 1. The highest BCUT2D eigenvalue weighted by Crippen LogP contribution is 2.20. The van der Waals surface area contributed by atoms with Crippen LogP contribution in [0.5, 0.6) is 0 Å². The van der Waals surface area contributed by atoms with Crippen molar-refractivity contribution in [1.82, 2.24) is 24.1 Å². The zero-order chi connectivity index (χ0) is 14.1. The van der Waals surface area contributed by atoms with Crippen molar-refractivity contribution in [2.24, 2.45) is 7.05 Å². The third-order valence-electron chi connectivity index (χ3n) is 3.02. The van der Waals surface area contributed by atoms with Gasteiger partial charge in [0.15, 0.2) is 11.5 Å². The van der Waals surface area contributed by atoms with Crippen molar-refractivity contribution in [1.29, 1.82) is 0 Å². The molecule has 104 valence electrons. The van der Waals surface area contributed by atoms with E-state index in [9.17, 15) is 0 Å². The molecule has 0 aliphatic rings. The molecule has 0 amide bonds. The Balaban J connectivity index is 2.12. The topological polar surface area (TPSA) is 80.3 Å². The van der Waals surface area contributed by atoms with Gasteiger partial charge >= 0.3 is 0 Å². The molecule has 3 rings (SSSR count). The average molecular weight is 272 g/mol. The summed E-state index contributed by atoms with van der Waals surface area (Å²) >= 11 is 0. The van der Waals surface area contributed by atoms with Crippen molar-refractivity contribution < 1.29 is 5.11 Å². The van der Waals surface area contributed by atoms with E-state index >= 15 is 0 Å². The second-order valence-corrected chi connectivity index (χ2v) is 4.59. The molecule has 2 N–H and O–H groups in total. The molecule has 0 fully saturated rings. The molecular weight excluding hydrogens is 256 g/mol. The molecule has 3 aromatic heterocycles. The maximum atomic E-state index is 8.94. The molecule has 7 nitrogen and oxygen atoms in total. The molecule has 0 spiro atoms. The molecule has 0 radical (unpaired) electrons. The monoisotopic (exact) mass is 272 g/mol. The fourth-order valence-corrected chi connectivity index (χ4v) is 2.13. The zero-order valence-corrected chi connectivity index (χ0v) is 11.4. The fourth-order valence-electron chi connectivity index (χ4n) is 2.13. The van der Waals surface area contributed by atoms with E-state index in [0.717, 1.165) is 28.7 Å². The van der Waals surface area contributed by atoms with Crippen LogP contribution in [0, 0.1) is 6.92 Å². The Labute approximate surface area is 115 Å². The molecule has 0 aliphatic carbocycles. The first-order valence-corrected chi connectivity index (χ1v) is 6.39. The number of nitrogens with zero attached hydrogens (tertiary/aromatic N) is 5. The van der Waals surface area contributed by atoms with Crippen molar-refractivity contribution in [2.45, 2.75) is 6.92 Å². The van der Waals surface area contributed by atoms with Gasteiger partial charge < -0.3 is 15.0 Å². The first kappa shape index (κ1) is 12.6. The van der Waals surface area contributed by atoms with Gasteiger partial charge in [-0.2, -0.15) is 9.61 Å². The highest BCUT2D eigenvalue weighted by molar-refractivity contribution is 5.61. The Morgan fingerprint density at radius 2 is 2.20 bits per heavy atom. The van der Waals surface area contributed by atoms with E-state index in [0.29, 0.717) is 6.54 Å². The Morgan fingerprint density at radius 3 is 2.90 bits per heavy atom. The number of aliphatic hydroxyl groups is 1. The summed E-state index contributed by atoms with van der Waals surface area (Å²) in [5.41, 5.74) is 2.41. The predicted molar refractivity (Wildman–Crippen MR) is 75.5 cm³/mol. The number of anilines is 1. The maximum Gasteiger partial charge on any atom is 0.160 e. The minimum atomic E-state index is 0.0658. The standard InChI is InChI=1S/C13H16N6O/c1-9-7-11(14-4-6-20)19-12(16-9)8-10(17-19)13-15-3-5-18(13)2/h3,5,7-8,14,20H,4,6H2,1-2H3. The first-order valence-electron chi connectivity index (χ1n) is 6.39. The summed E-state index contributed by atoms with van der Waals surface area (Å²) in [6, 6.07) is 3.80. The van der Waals surface area contributed by atoms with Crippen LogP contribution in [0.4, 0.5) is 5.82 Å². The second-order valence-electron chi connectivity index (χ2n) is 4.59. The van der Waals surface area contributed by atoms with Gasteiger partial charge in [0.1, 0.15) is 11.5 Å². The number of imidazole rings is 1. The molecule has 0 saturated carbocycles. The highest BCUT2D eigenvalue weighted by atomic mass is 16.3. The number of fused-ring (bicyclic) bond motifs is 1. The molecular formula is C13H16N6O. The number of hydrogen-bond donors (Lipinski definition) is 2. The third kappa shape index (κ3) is 2.12. The molecule has 3 aromatic rings. The summed E-state index contributed by atoms with van der Waals surface area (Å²) in [5, 5.41) is 16.6. The molecule has 0 saturated heterocycles. The van der Waals surface area contributed by atoms with Gasteiger partial charge in [0, 0.05) is 43.8 Å². The minimum absolute atomic E-state index is 0.0658. The van der Waals surface area contributed by atoms with Gasteiger partial charge in [0.05, 0.1) is 6.61 Å². The SMILES string of the molecule is Cc1cc(NCCO)n2nc(-c3nccn3C)cc2n1. The predicted octanol–water partition coefficient (Wildman–Crippen LogP) is 0.842. The van der Waals surface area contributed by atoms with Crippen LogP contribution in [0.1, 0.15) is 5.69 Å². The van der Waals surface area contributed by atoms with Crippen LogP contribution in [0.3, 0.4) is 0 Å². The van der Waals surface area contributed by atoms with Crippen LogP contribution in [0.15, 0.2) is 24.5 Å². The van der Waals surface area contributed by atoms with Gasteiger partial charge in [-0.15, -0.1) is 0 Å². The smallest absolute Gasteiger partial charge is 0.160 e. The molecule has 3 heterocycles. The van der Waals surface area contributed by atoms with Crippen molar-refractivity contribution in [3.63, 3.8) is 0 Å². The summed E-state index contributed by atoms with van der Waals surface area (Å²) in [6.07, 6.45) is 3.62. The lowest BCUT2D eigenvalue weighted by molar-refractivity contribution is 0.311. The van der Waals surface area contributed by atoms with Crippen LogP contribution in [0.25, 0.3) is 17.2 Å². The Kier molecular flexibility index (Phi) is 3.11. The lowest BCUT2D eigenvalue weighted by Gasteiger charge is -2.07. The van der Waals surface area contributed by atoms with Crippen molar-refractivity contribution >= 4 is 11.5 Å². The number of nitrogens with one attached hydrogen (secondary N) is 1. The summed E-state index contributed by atoms with van der Waals surface area (Å²) in [4.78, 5) is 8.76. The van der Waals surface area contributed by atoms with Crippen molar-refractivity contribution in [3.8, 4) is 11.5 Å². The molecule has 0 atom stereocenters. The van der Waals surface area contributed by atoms with E-state index in [-0.39, 0.29) is 6.61 Å². The lowest BCUT2D eigenvalue weighted by Crippen LogP contribution is -2.10. The van der Waals surface area contributed by atoms with E-state index in [2.05, 4.69) is 20.4 Å². The van der Waals surface area contributed by atoms with E-state index < -0.39 is 0 Å². The largest absolute Gasteiger partial charge is 0.395 e. The van der Waals surface area contributed by atoms with Crippen molar-refractivity contribution in [2.75, 3.05) is 18.5 Å². The van der Waals surface area contributed by atoms with E-state index in [1.54, 1.807) is 10.7 Å². The third-order valence-corrected chi connectivity index (χ3v) is 3.02. The van der Waals surface area contributed by atoms with Gasteiger partial charge in [-0.05, 0) is 6.92 Å². The van der Waals surface area contributed by atoms with Gasteiger partial charge in [-0.3, -0.25) is 0 Å². The molecule has 0 bridgehead atoms. The van der Waals surface area contributed by atoms with Crippen LogP contribution < -0.4 is 5.32 Å². The molecule has 0 unspecified atom stereocenters. The Bertz CT molecular complexity index is 744. The highest BCUT2D eigenvalue weighted by Gasteiger charge is 2.12. The number of aromatic nitrogens is 5. The summed E-state index contributed by atoms with van der Waals surface area (Å²) in [5.74, 6) is 1.60. The number of aryl methyl sites for hydroxylation is 2. The summed E-state index contributed by atoms with van der Waals surface area (Å²) in [7, 11) is 1.93. The van der Waals surface area contributed by atoms with Crippen molar-refractivity contribution in [3.05, 3.63) is 30.2 Å². The molecule has 0 aliphatic heterocycles. The molecule has 7 heteroatoms. The summed E-state index contributed by atoms with van der Waals surface area (Å²) < 4.78 is 3.64. The van der Waals surface area contributed by atoms with Crippen LogP contribution >= 0.6 is 0 Å². The Morgan fingerprint density at radius 1 is 1.35 bits per heavy atom. The maximum absolute atomic E-state index is 8.94. The quantitative estimate of drug-likeness (QED) is 0.735. The molecule has 20 heavy (non-hydrogen) atoms. The van der Waals surface area contributed by atoms with Crippen LogP contribution in [0.2, 0.25) is 0 Å². The second kappa shape index (κ2) is 4.93. The average Bonchev–Trinajstić information content (AvgIpc) is 3.01. The van der Waals surface area contributed by atoms with Gasteiger partial charge in [0.25, 0.3) is 0 Å². The van der Waals surface area contributed by atoms with Gasteiger partial charge in [-0.1, -0.05) is 0 Å². The van der Waals surface area contributed by atoms with Gasteiger partial charge in [-0.25, -0.2) is 9.97 Å². The minimum Gasteiger partial charge on any atom is -0.395 e. The van der Waals surface area contributed by atoms with E-state index in [1.807, 2.05) is 36.9 Å². The van der Waals surface area contributed by atoms with E-state index in [4.69, 9.17) is 5.11 Å². The Hall–Kier alpha value is -2.41. The fraction of sp³-hybridized carbons (Fsp3) is 0.308. The summed E-state index contributed by atoms with van der Waals surface area (Å²) in [6.45, 7) is 2.46. The van der Waals surface area contributed by atoms with Crippen LogP contribution in [-0.2, 0) is 7.05 Å². The lowest BCUT2D eigenvalue weighted by atomic mass is 10.4. The van der Waals surface area contributed by atoms with Gasteiger partial charge in [0.2, 0.25) is 0 Å². The number of hydrogen-bond acceptors (Lipinski definition) is 5. The van der Waals surface area contributed by atoms with E-state index in [1.165, 1.54) is 0 Å². The van der Waals surface area contributed by atoms with Crippen LogP contribution in [-0.4, -0.2) is 42.4 Å². The zero-order valence-electron chi connectivity index (χ0n) is 11.4. The first-order chi connectivity index (χ1) is 9.69. The molecule has 0 aromatic carbocycles. The number of rotatable bonds is 4.